The molecule has 150 valence electrons. The summed E-state index contributed by atoms with van der Waals surface area (Å²) in [7, 11) is 0. The molecule has 3 amide bonds. The van der Waals surface area contributed by atoms with E-state index in [9.17, 15) is 14.4 Å². The molecule has 1 atom stereocenters. The van der Waals surface area contributed by atoms with Gasteiger partial charge in [0.2, 0.25) is 17.7 Å². The van der Waals surface area contributed by atoms with Gasteiger partial charge in [0, 0.05) is 32.1 Å². The molecule has 0 aliphatic carbocycles. The molecule has 2 aliphatic heterocycles. The molecule has 3 N–H and O–H groups in total. The molecule has 0 unspecified atom stereocenters. The quantitative estimate of drug-likeness (QED) is 0.726. The predicted molar refractivity (Wildman–Crippen MR) is 103 cm³/mol. The third-order valence-corrected chi connectivity index (χ3v) is 5.30. The highest BCUT2D eigenvalue weighted by Gasteiger charge is 2.30. The summed E-state index contributed by atoms with van der Waals surface area (Å²) >= 11 is 0. The third kappa shape index (κ3) is 6.13. The van der Waals surface area contributed by atoms with E-state index < -0.39 is 6.04 Å². The van der Waals surface area contributed by atoms with Gasteiger partial charge in [-0.3, -0.25) is 14.4 Å². The van der Waals surface area contributed by atoms with Gasteiger partial charge in [0.1, 0.15) is 0 Å². The van der Waals surface area contributed by atoms with E-state index in [2.05, 4.69) is 5.32 Å². The fourth-order valence-electron chi connectivity index (χ4n) is 3.44. The smallest absolute Gasteiger partial charge is 0.241 e. The first kappa shape index (κ1) is 22.7. The summed E-state index contributed by atoms with van der Waals surface area (Å²) in [5, 5.41) is 2.62. The van der Waals surface area contributed by atoms with Crippen molar-refractivity contribution in [2.24, 2.45) is 17.6 Å². The van der Waals surface area contributed by atoms with E-state index in [0.717, 1.165) is 25.9 Å². The number of amides is 3. The molecule has 2 heterocycles. The molecule has 2 rings (SSSR count). The van der Waals surface area contributed by atoms with Crippen LogP contribution in [0.25, 0.3) is 0 Å². The highest BCUT2D eigenvalue weighted by Crippen LogP contribution is 2.21. The van der Waals surface area contributed by atoms with E-state index in [4.69, 9.17) is 5.73 Å². The standard InChI is InChI=1S/C18H32N4O3.ClH/c1-13(2)16(19)17(24)20-12-15(23)21-10-6-14(7-11-21)18(25)22-8-4-3-5-9-22;/h13-14,16H,3-12,19H2,1-2H3,(H,20,24);1H/t16-;/m0./s1. The lowest BCUT2D eigenvalue weighted by Gasteiger charge is -2.35. The monoisotopic (exact) mass is 388 g/mol. The van der Waals surface area contributed by atoms with E-state index in [0.29, 0.717) is 25.9 Å². The average Bonchev–Trinajstić information content (AvgIpc) is 2.65. The van der Waals surface area contributed by atoms with Crippen LogP contribution in [0.3, 0.4) is 0 Å². The van der Waals surface area contributed by atoms with Gasteiger partial charge in [0.05, 0.1) is 12.6 Å². The van der Waals surface area contributed by atoms with Crippen molar-refractivity contribution in [3.05, 3.63) is 0 Å². The summed E-state index contributed by atoms with van der Waals surface area (Å²) in [5.41, 5.74) is 5.77. The Balaban J connectivity index is 0.00000338. The van der Waals surface area contributed by atoms with Crippen LogP contribution in [-0.4, -0.2) is 66.3 Å². The number of halogens is 1. The Morgan fingerprint density at radius 1 is 1.00 bits per heavy atom. The molecule has 26 heavy (non-hydrogen) atoms. The molecule has 0 radical (unpaired) electrons. The van der Waals surface area contributed by atoms with Crippen LogP contribution in [0.4, 0.5) is 0 Å². The van der Waals surface area contributed by atoms with Gasteiger partial charge in [-0.1, -0.05) is 13.8 Å². The Kier molecular flexibility index (Phi) is 9.36. The van der Waals surface area contributed by atoms with Crippen LogP contribution in [0, 0.1) is 11.8 Å². The molecule has 2 fully saturated rings. The van der Waals surface area contributed by atoms with Gasteiger partial charge >= 0.3 is 0 Å². The predicted octanol–water partition coefficient (Wildman–Crippen LogP) is 0.759. The van der Waals surface area contributed by atoms with Gasteiger partial charge in [-0.25, -0.2) is 0 Å². The van der Waals surface area contributed by atoms with Crippen molar-refractivity contribution in [3.63, 3.8) is 0 Å². The molecule has 0 aromatic carbocycles. The molecule has 2 aliphatic rings. The Hall–Kier alpha value is -1.34. The number of piperidine rings is 2. The van der Waals surface area contributed by atoms with E-state index in [-0.39, 0.29) is 48.5 Å². The summed E-state index contributed by atoms with van der Waals surface area (Å²) in [4.78, 5) is 40.3. The van der Waals surface area contributed by atoms with E-state index in [1.807, 2.05) is 18.7 Å². The third-order valence-electron chi connectivity index (χ3n) is 5.30. The summed E-state index contributed by atoms with van der Waals surface area (Å²) in [6, 6.07) is -0.597. The number of nitrogens with two attached hydrogens (primary N) is 1. The van der Waals surface area contributed by atoms with Gasteiger partial charge in [-0.15, -0.1) is 12.4 Å². The Labute approximate surface area is 162 Å². The number of nitrogens with one attached hydrogen (secondary N) is 1. The number of nitrogens with zero attached hydrogens (tertiary/aromatic N) is 2. The molecule has 7 nitrogen and oxygen atoms in total. The van der Waals surface area contributed by atoms with Crippen molar-refractivity contribution in [2.75, 3.05) is 32.7 Å². The number of hydrogen-bond acceptors (Lipinski definition) is 4. The summed E-state index contributed by atoms with van der Waals surface area (Å²) in [6.45, 7) is 6.63. The SMILES string of the molecule is CC(C)[C@H](N)C(=O)NCC(=O)N1CCC(C(=O)N2CCCCC2)CC1.Cl. The van der Waals surface area contributed by atoms with Crippen molar-refractivity contribution in [1.29, 1.82) is 0 Å². The normalized spacial score (nSPS) is 19.7. The molecule has 2 saturated heterocycles. The minimum absolute atomic E-state index is 0. The maximum atomic E-state index is 12.5. The summed E-state index contributed by atoms with van der Waals surface area (Å²) in [5.74, 6) is -0.0764. The van der Waals surface area contributed by atoms with Gasteiger partial charge in [-0.05, 0) is 38.0 Å². The van der Waals surface area contributed by atoms with Gasteiger partial charge in [-0.2, -0.15) is 0 Å². The van der Waals surface area contributed by atoms with Gasteiger partial charge in [0.25, 0.3) is 0 Å². The molecule has 0 aromatic heterocycles. The van der Waals surface area contributed by atoms with Crippen LogP contribution in [0.2, 0.25) is 0 Å². The highest BCUT2D eigenvalue weighted by atomic mass is 35.5. The molecular weight excluding hydrogens is 356 g/mol. The highest BCUT2D eigenvalue weighted by molar-refractivity contribution is 5.87. The van der Waals surface area contributed by atoms with Gasteiger partial charge < -0.3 is 20.9 Å². The number of likely N-dealkylation sites (tertiary alicyclic amines) is 2. The topological polar surface area (TPSA) is 95.7 Å². The van der Waals surface area contributed by atoms with E-state index >= 15 is 0 Å². The van der Waals surface area contributed by atoms with Crippen LogP contribution >= 0.6 is 12.4 Å². The number of carbonyl (C=O) groups excluding carboxylic acids is 3. The lowest BCUT2D eigenvalue weighted by atomic mass is 9.94. The van der Waals surface area contributed by atoms with Gasteiger partial charge in [0.15, 0.2) is 0 Å². The summed E-state index contributed by atoms with van der Waals surface area (Å²) in [6.07, 6.45) is 4.83. The number of hydrogen-bond donors (Lipinski definition) is 2. The van der Waals surface area contributed by atoms with E-state index in [1.54, 1.807) is 4.90 Å². The Morgan fingerprint density at radius 2 is 1.58 bits per heavy atom. The number of rotatable bonds is 5. The molecule has 8 heteroatoms. The van der Waals surface area contributed by atoms with Crippen LogP contribution in [0.15, 0.2) is 0 Å². The van der Waals surface area contributed by atoms with Crippen molar-refractivity contribution in [1.82, 2.24) is 15.1 Å². The Morgan fingerprint density at radius 3 is 2.12 bits per heavy atom. The lowest BCUT2D eigenvalue weighted by Crippen LogP contribution is -2.50. The van der Waals surface area contributed by atoms with Crippen LogP contribution in [0.5, 0.6) is 0 Å². The first-order valence-corrected chi connectivity index (χ1v) is 9.50. The van der Waals surface area contributed by atoms with Crippen molar-refractivity contribution < 1.29 is 14.4 Å². The average molecular weight is 389 g/mol. The fraction of sp³-hybridized carbons (Fsp3) is 0.833. The summed E-state index contributed by atoms with van der Waals surface area (Å²) < 4.78 is 0. The largest absolute Gasteiger partial charge is 0.346 e. The zero-order valence-electron chi connectivity index (χ0n) is 15.9. The molecule has 0 saturated carbocycles. The first-order valence-electron chi connectivity index (χ1n) is 9.50. The molecule has 0 spiro atoms. The van der Waals surface area contributed by atoms with Crippen LogP contribution < -0.4 is 11.1 Å². The fourth-order valence-corrected chi connectivity index (χ4v) is 3.44. The second-order valence-electron chi connectivity index (χ2n) is 7.53. The van der Waals surface area contributed by atoms with Crippen LogP contribution in [0.1, 0.15) is 46.0 Å². The minimum atomic E-state index is -0.597. The zero-order chi connectivity index (χ0) is 18.4. The second kappa shape index (κ2) is 10.7. The second-order valence-corrected chi connectivity index (χ2v) is 7.53. The minimum Gasteiger partial charge on any atom is -0.346 e. The maximum absolute atomic E-state index is 12.5. The van der Waals surface area contributed by atoms with E-state index in [1.165, 1.54) is 6.42 Å². The van der Waals surface area contributed by atoms with Crippen molar-refractivity contribution in [2.45, 2.75) is 52.0 Å². The van der Waals surface area contributed by atoms with Crippen molar-refractivity contribution in [3.8, 4) is 0 Å². The molecule has 0 bridgehead atoms. The van der Waals surface area contributed by atoms with Crippen LogP contribution in [-0.2, 0) is 14.4 Å². The lowest BCUT2D eigenvalue weighted by molar-refractivity contribution is -0.141. The zero-order valence-corrected chi connectivity index (χ0v) is 16.7. The maximum Gasteiger partial charge on any atom is 0.241 e. The molecular formula is C18H33ClN4O3. The van der Waals surface area contributed by atoms with Crippen molar-refractivity contribution >= 4 is 30.1 Å². The Bertz CT molecular complexity index is 487. The number of carbonyl (C=O) groups is 3. The molecule has 0 aromatic rings. The first-order chi connectivity index (χ1) is 11.9.